The smallest absolute Gasteiger partial charge is 0.271 e. The fraction of sp³-hybridized carbons (Fsp3) is 0.188. The third kappa shape index (κ3) is 3.09. The molecule has 0 saturated carbocycles. The fourth-order valence-electron chi connectivity index (χ4n) is 2.08. The highest BCUT2D eigenvalue weighted by molar-refractivity contribution is 6.17. The molecule has 0 unspecified atom stereocenters. The Bertz CT molecular complexity index is 773. The lowest BCUT2D eigenvalue weighted by atomic mass is 10.3. The molecule has 0 spiro atoms. The van der Waals surface area contributed by atoms with E-state index >= 15 is 0 Å². The maximum atomic E-state index is 12.1. The Hall–Kier alpha value is -2.40. The molecule has 0 radical (unpaired) electrons. The van der Waals surface area contributed by atoms with Crippen LogP contribution >= 0.6 is 11.6 Å². The highest BCUT2D eigenvalue weighted by Gasteiger charge is 2.09. The number of hydrogen-bond donors (Lipinski definition) is 1. The van der Waals surface area contributed by atoms with Crippen molar-refractivity contribution in [3.8, 4) is 22.9 Å². The van der Waals surface area contributed by atoms with Gasteiger partial charge in [0.1, 0.15) is 11.4 Å². The first-order valence-corrected chi connectivity index (χ1v) is 7.46. The Morgan fingerprint density at radius 3 is 2.73 bits per heavy atom. The molecule has 2 heterocycles. The van der Waals surface area contributed by atoms with Crippen molar-refractivity contribution in [3.63, 3.8) is 0 Å². The lowest BCUT2D eigenvalue weighted by Gasteiger charge is -2.06. The second-order valence-electron chi connectivity index (χ2n) is 4.71. The summed E-state index contributed by atoms with van der Waals surface area (Å²) < 4.78 is 12.3. The van der Waals surface area contributed by atoms with Crippen LogP contribution in [0.25, 0.3) is 17.1 Å². The molecule has 3 aromatic rings. The van der Waals surface area contributed by atoms with Crippen LogP contribution in [0.2, 0.25) is 0 Å². The van der Waals surface area contributed by atoms with Gasteiger partial charge in [0.25, 0.3) is 5.56 Å². The number of ether oxygens (including phenoxy) is 1. The van der Waals surface area contributed by atoms with Crippen LogP contribution in [0.1, 0.15) is 6.42 Å². The Morgan fingerprint density at radius 2 is 2.05 bits per heavy atom. The summed E-state index contributed by atoms with van der Waals surface area (Å²) >= 11 is 5.61. The monoisotopic (exact) mass is 318 g/mol. The van der Waals surface area contributed by atoms with E-state index in [2.05, 4.69) is 5.10 Å². The molecule has 22 heavy (non-hydrogen) atoms. The van der Waals surface area contributed by atoms with Crippen LogP contribution in [0.5, 0.6) is 5.75 Å². The number of H-pyrrole nitrogens is 1. The summed E-state index contributed by atoms with van der Waals surface area (Å²) in [4.78, 5) is 12.1. The zero-order valence-corrected chi connectivity index (χ0v) is 12.5. The maximum absolute atomic E-state index is 12.1. The Labute approximate surface area is 132 Å². The van der Waals surface area contributed by atoms with Crippen molar-refractivity contribution in [3.05, 3.63) is 59.1 Å². The molecule has 3 rings (SSSR count). The van der Waals surface area contributed by atoms with Crippen molar-refractivity contribution in [1.29, 1.82) is 0 Å². The van der Waals surface area contributed by atoms with Gasteiger partial charge in [-0.2, -0.15) is 0 Å². The van der Waals surface area contributed by atoms with E-state index in [-0.39, 0.29) is 5.56 Å². The number of benzene rings is 1. The van der Waals surface area contributed by atoms with Gasteiger partial charge in [-0.15, -0.1) is 11.6 Å². The van der Waals surface area contributed by atoms with Crippen molar-refractivity contribution in [2.45, 2.75) is 6.42 Å². The molecule has 1 aromatic carbocycles. The molecule has 0 saturated heterocycles. The predicted molar refractivity (Wildman–Crippen MR) is 84.9 cm³/mol. The van der Waals surface area contributed by atoms with E-state index in [1.807, 2.05) is 24.3 Å². The van der Waals surface area contributed by atoms with Crippen LogP contribution in [-0.2, 0) is 0 Å². The molecule has 0 amide bonds. The normalized spacial score (nSPS) is 10.8. The first kappa shape index (κ1) is 14.5. The van der Waals surface area contributed by atoms with Crippen LogP contribution < -0.4 is 10.3 Å². The molecule has 1 N–H and O–H groups in total. The van der Waals surface area contributed by atoms with Crippen LogP contribution in [0.4, 0.5) is 0 Å². The van der Waals surface area contributed by atoms with Crippen molar-refractivity contribution in [1.82, 2.24) is 9.78 Å². The van der Waals surface area contributed by atoms with Gasteiger partial charge in [0.05, 0.1) is 18.6 Å². The van der Waals surface area contributed by atoms with Gasteiger partial charge in [0, 0.05) is 11.9 Å². The quantitative estimate of drug-likeness (QED) is 0.559. The molecule has 114 valence electrons. The molecule has 5 nitrogen and oxygen atoms in total. The molecule has 0 aliphatic rings. The van der Waals surface area contributed by atoms with Crippen LogP contribution in [0.3, 0.4) is 0 Å². The van der Waals surface area contributed by atoms with Gasteiger partial charge in [0.15, 0.2) is 5.76 Å². The second-order valence-corrected chi connectivity index (χ2v) is 5.08. The molecular weight excluding hydrogens is 304 g/mol. The molecule has 0 bridgehead atoms. The van der Waals surface area contributed by atoms with Gasteiger partial charge in [-0.3, -0.25) is 9.89 Å². The van der Waals surface area contributed by atoms with Crippen molar-refractivity contribution >= 4 is 11.6 Å². The van der Waals surface area contributed by atoms with Gasteiger partial charge in [-0.05, 0) is 42.8 Å². The molecule has 0 fully saturated rings. The number of furan rings is 1. The number of hydrogen-bond acceptors (Lipinski definition) is 3. The highest BCUT2D eigenvalue weighted by atomic mass is 35.5. The third-order valence-corrected chi connectivity index (χ3v) is 3.42. The molecular formula is C16H15ClN2O3. The Balaban J connectivity index is 1.81. The summed E-state index contributed by atoms with van der Waals surface area (Å²) in [5.74, 6) is 1.95. The van der Waals surface area contributed by atoms with E-state index in [0.29, 0.717) is 23.9 Å². The Kier molecular flexibility index (Phi) is 4.34. The fourth-order valence-corrected chi connectivity index (χ4v) is 2.19. The topological polar surface area (TPSA) is 60.2 Å². The second kappa shape index (κ2) is 6.58. The van der Waals surface area contributed by atoms with E-state index in [4.69, 9.17) is 20.8 Å². The number of halogens is 1. The van der Waals surface area contributed by atoms with Gasteiger partial charge >= 0.3 is 0 Å². The summed E-state index contributed by atoms with van der Waals surface area (Å²) in [6.07, 6.45) is 2.36. The van der Waals surface area contributed by atoms with Gasteiger partial charge in [-0.25, -0.2) is 4.68 Å². The minimum atomic E-state index is -0.151. The highest BCUT2D eigenvalue weighted by Crippen LogP contribution is 2.18. The third-order valence-electron chi connectivity index (χ3n) is 3.15. The van der Waals surface area contributed by atoms with Gasteiger partial charge < -0.3 is 9.15 Å². The van der Waals surface area contributed by atoms with E-state index < -0.39 is 0 Å². The van der Waals surface area contributed by atoms with Crippen molar-refractivity contribution in [2.75, 3.05) is 12.5 Å². The van der Waals surface area contributed by atoms with E-state index in [9.17, 15) is 4.79 Å². The minimum absolute atomic E-state index is 0.151. The average Bonchev–Trinajstić information content (AvgIpc) is 3.18. The zero-order valence-electron chi connectivity index (χ0n) is 11.8. The molecule has 0 aliphatic carbocycles. The zero-order chi connectivity index (χ0) is 15.4. The predicted octanol–water partition coefficient (Wildman–Crippen LogP) is 3.43. The minimum Gasteiger partial charge on any atom is -0.494 e. The summed E-state index contributed by atoms with van der Waals surface area (Å²) in [5, 5.41) is 3.02. The summed E-state index contributed by atoms with van der Waals surface area (Å²) in [5.41, 5.74) is 1.21. The number of aromatic amines is 1. The molecule has 6 heteroatoms. The number of nitrogens with one attached hydrogen (secondary N) is 1. The van der Waals surface area contributed by atoms with E-state index in [1.165, 1.54) is 10.7 Å². The summed E-state index contributed by atoms with van der Waals surface area (Å²) in [7, 11) is 0. The number of aromatic nitrogens is 2. The van der Waals surface area contributed by atoms with Gasteiger partial charge in [-0.1, -0.05) is 0 Å². The summed E-state index contributed by atoms with van der Waals surface area (Å²) in [6.45, 7) is 0.577. The first-order valence-electron chi connectivity index (χ1n) is 6.93. The Morgan fingerprint density at radius 1 is 1.23 bits per heavy atom. The largest absolute Gasteiger partial charge is 0.494 e. The number of nitrogens with zero attached hydrogens (tertiary/aromatic N) is 1. The van der Waals surface area contributed by atoms with E-state index in [0.717, 1.165) is 17.9 Å². The standard InChI is InChI=1S/C16H15ClN2O3/c17-8-2-10-21-13-6-4-12(5-7-13)19-16(20)11-14(18-19)15-3-1-9-22-15/h1,3-7,9,11,18H,2,8,10H2. The number of alkyl halides is 1. The maximum Gasteiger partial charge on any atom is 0.271 e. The van der Waals surface area contributed by atoms with Crippen LogP contribution in [-0.4, -0.2) is 22.3 Å². The summed E-state index contributed by atoms with van der Waals surface area (Å²) in [6, 6.07) is 12.4. The lowest BCUT2D eigenvalue weighted by Crippen LogP contribution is -2.13. The SMILES string of the molecule is O=c1cc(-c2ccco2)[nH]n1-c1ccc(OCCCCl)cc1. The van der Waals surface area contributed by atoms with Crippen LogP contribution in [0.15, 0.2) is 57.9 Å². The first-order chi connectivity index (χ1) is 10.8. The van der Waals surface area contributed by atoms with Crippen molar-refractivity contribution < 1.29 is 9.15 Å². The van der Waals surface area contributed by atoms with E-state index in [1.54, 1.807) is 18.4 Å². The van der Waals surface area contributed by atoms with Crippen molar-refractivity contribution in [2.24, 2.45) is 0 Å². The van der Waals surface area contributed by atoms with Crippen LogP contribution in [0, 0.1) is 0 Å². The lowest BCUT2D eigenvalue weighted by molar-refractivity contribution is 0.318. The molecule has 2 aromatic heterocycles. The molecule has 0 aliphatic heterocycles. The molecule has 0 atom stereocenters. The number of rotatable bonds is 6. The average molecular weight is 319 g/mol. The van der Waals surface area contributed by atoms with Gasteiger partial charge in [0.2, 0.25) is 0 Å².